The Morgan fingerprint density at radius 3 is 1.59 bits per heavy atom. The number of pyridine rings is 1. The van der Waals surface area contributed by atoms with Crippen molar-refractivity contribution >= 4 is 75.9 Å². The first-order valence-electron chi connectivity index (χ1n) is 26.9. The Morgan fingerprint density at radius 2 is 1.09 bits per heavy atom. The molecule has 5 N–H and O–H groups in total. The lowest BCUT2D eigenvalue weighted by atomic mass is 9.86. The first-order chi connectivity index (χ1) is 40.4. The number of aromatic nitrogens is 15. The van der Waals surface area contributed by atoms with Gasteiger partial charge in [-0.25, -0.2) is 23.4 Å². The van der Waals surface area contributed by atoms with Crippen LogP contribution >= 0.6 is 11.6 Å². The first-order valence-corrected chi connectivity index (χ1v) is 27.3. The van der Waals surface area contributed by atoms with Gasteiger partial charge in [0.15, 0.2) is 34.7 Å². The average Bonchev–Trinajstić information content (AvgIpc) is 2.48. The minimum Gasteiger partial charge on any atom is -0.422 e. The lowest BCUT2D eigenvalue weighted by Gasteiger charge is -2.22. The van der Waals surface area contributed by atoms with E-state index < -0.39 is 24.1 Å². The van der Waals surface area contributed by atoms with Gasteiger partial charge in [0.05, 0.1) is 65.1 Å². The molecule has 85 heavy (non-hydrogen) atoms. The second-order valence-corrected chi connectivity index (χ2v) is 22.4. The molecule has 0 unspecified atom stereocenters. The summed E-state index contributed by atoms with van der Waals surface area (Å²) >= 11 is 5.87. The molecule has 0 radical (unpaired) electrons. The Kier molecular flexibility index (Phi) is 16.6. The van der Waals surface area contributed by atoms with E-state index in [1.54, 1.807) is 19.2 Å². The number of anilines is 6. The molecule has 28 nitrogen and oxygen atoms in total. The molecule has 0 amide bonds. The molecule has 3 aliphatic rings. The Hall–Kier alpha value is -9.07. The highest BCUT2D eigenvalue weighted by Crippen LogP contribution is 2.30. The summed E-state index contributed by atoms with van der Waals surface area (Å²) in [7, 11) is 8.91. The summed E-state index contributed by atoms with van der Waals surface area (Å²) in [4.78, 5) is 73.9. The fourth-order valence-electron chi connectivity index (χ4n) is 9.92. The maximum absolute atomic E-state index is 15.3. The largest absolute Gasteiger partial charge is 0.510 e. The zero-order chi connectivity index (χ0) is 60.8. The van der Waals surface area contributed by atoms with Crippen LogP contribution in [-0.2, 0) is 65.8 Å². The smallest absolute Gasteiger partial charge is 0.422 e. The number of fused-ring (bicyclic) bond motifs is 4. The van der Waals surface area contributed by atoms with Crippen molar-refractivity contribution in [2.45, 2.75) is 65.5 Å². The quantitative estimate of drug-likeness (QED) is 0.0964. The normalized spacial score (nSPS) is 14.3. The van der Waals surface area contributed by atoms with E-state index >= 15 is 4.39 Å². The molecule has 0 fully saturated rings. The van der Waals surface area contributed by atoms with Crippen molar-refractivity contribution in [3.8, 4) is 17.1 Å². The Bertz CT molecular complexity index is 4300. The van der Waals surface area contributed by atoms with Crippen molar-refractivity contribution in [1.82, 2.24) is 88.1 Å². The Morgan fingerprint density at radius 1 is 0.612 bits per heavy atom. The molecule has 12 rings (SSSR count). The average molecular weight is 1180 g/mol. The molecule has 0 bridgehead atoms. The molecular weight excluding hydrogens is 1120 g/mol. The molecule has 0 aliphatic carbocycles. The third-order valence-electron chi connectivity index (χ3n) is 14.5. The number of aldehydes is 1. The molecule has 0 saturated heterocycles. The highest BCUT2D eigenvalue weighted by Gasteiger charge is 2.25. The molecule has 1 aromatic carbocycles. The van der Waals surface area contributed by atoms with Gasteiger partial charge in [-0.15, -0.1) is 0 Å². The second-order valence-electron chi connectivity index (χ2n) is 22.0. The van der Waals surface area contributed by atoms with Crippen LogP contribution in [0.2, 0.25) is 5.15 Å². The molecule has 442 valence electrons. The molecule has 11 heterocycles. The highest BCUT2D eigenvalue weighted by molar-refractivity contribution is 6.57. The number of hydrogen-bond acceptors (Lipinski definition) is 21. The minimum atomic E-state index is -1.74. The fourth-order valence-corrected chi connectivity index (χ4v) is 10.1. The molecule has 0 atom stereocenters. The van der Waals surface area contributed by atoms with Gasteiger partial charge in [-0.2, -0.15) is 40.4 Å². The van der Waals surface area contributed by atoms with Gasteiger partial charge in [0.25, 0.3) is 22.2 Å². The maximum Gasteiger partial charge on any atom is 0.510 e. The number of aryl methyl sites for hydroxylation is 3. The zero-order valence-electron chi connectivity index (χ0n) is 48.1. The van der Waals surface area contributed by atoms with Gasteiger partial charge in [-0.1, -0.05) is 32.4 Å². The molecular formula is C54H62BClFN21O7. The van der Waals surface area contributed by atoms with E-state index in [1.807, 2.05) is 67.1 Å². The van der Waals surface area contributed by atoms with Crippen molar-refractivity contribution in [3.05, 3.63) is 148 Å². The van der Waals surface area contributed by atoms with E-state index in [0.717, 1.165) is 95.6 Å². The standard InChI is InChI=1S/C30H30FN9O3.C12H17BN6O3.C12H15ClN6O/c1-30(2,3)18-10-17-14-33-40(29(43)26(17)22(31)11-18)27-21(16-41)20(6-7-32-27)23-13-24(28(42)38(5)35-23)34-25-12-19-15-37(4)8-9-39(19)36-25;1-17-3-4-19-8(7-17)5-11(16-19)14-9-6-10(13(21)22)15-18(2)12(9)20;1-17-3-4-19-8(7-17)5-11(16-19)14-9-6-10(13)15-18(2)12(9)20/h6-7,10-14,16H,8-9,15H2,1-5H3,(H,34,36);5-6,21-22H,3-4,7H2,1-2H3,(H,14,16);5-6H,3-4,7H2,1-2H3,(H,14,16). The van der Waals surface area contributed by atoms with Crippen LogP contribution in [0.15, 0.2) is 86.2 Å². The molecule has 3 aliphatic heterocycles. The second kappa shape index (κ2) is 23.9. The van der Waals surface area contributed by atoms with Gasteiger partial charge >= 0.3 is 7.12 Å². The van der Waals surface area contributed by atoms with Crippen molar-refractivity contribution in [3.63, 3.8) is 0 Å². The Labute approximate surface area is 489 Å². The fraction of sp³-hybridized carbons (Fsp3) is 0.352. The molecule has 0 spiro atoms. The van der Waals surface area contributed by atoms with Crippen LogP contribution in [-0.4, -0.2) is 152 Å². The van der Waals surface area contributed by atoms with E-state index in [2.05, 4.69) is 78.4 Å². The lowest BCUT2D eigenvalue weighted by molar-refractivity contribution is 0.112. The number of nitrogens with one attached hydrogen (secondary N) is 3. The maximum atomic E-state index is 15.3. The van der Waals surface area contributed by atoms with Crippen LogP contribution in [0.3, 0.4) is 0 Å². The number of hydrogen-bond donors (Lipinski definition) is 5. The predicted molar refractivity (Wildman–Crippen MR) is 317 cm³/mol. The summed E-state index contributed by atoms with van der Waals surface area (Å²) in [6.45, 7) is 13.4. The van der Waals surface area contributed by atoms with Crippen molar-refractivity contribution < 1.29 is 19.2 Å². The van der Waals surface area contributed by atoms with Crippen LogP contribution in [0.25, 0.3) is 27.8 Å². The number of benzene rings is 1. The van der Waals surface area contributed by atoms with E-state index in [0.29, 0.717) is 40.4 Å². The van der Waals surface area contributed by atoms with Gasteiger partial charge in [0.2, 0.25) is 0 Å². The number of carbonyl (C=O) groups excluding carboxylic acids is 1. The van der Waals surface area contributed by atoms with Crippen LogP contribution < -0.4 is 43.8 Å². The highest BCUT2D eigenvalue weighted by atomic mass is 35.5. The third kappa shape index (κ3) is 12.7. The zero-order valence-corrected chi connectivity index (χ0v) is 48.9. The van der Waals surface area contributed by atoms with Crippen molar-refractivity contribution in [1.29, 1.82) is 0 Å². The van der Waals surface area contributed by atoms with Crippen LogP contribution in [0, 0.1) is 5.82 Å². The number of carbonyl (C=O) groups is 1. The number of rotatable bonds is 10. The topological polar surface area (TPSA) is 309 Å². The van der Waals surface area contributed by atoms with E-state index in [-0.39, 0.29) is 61.1 Å². The summed E-state index contributed by atoms with van der Waals surface area (Å²) in [5.41, 5.74) is 3.17. The van der Waals surface area contributed by atoms with E-state index in [9.17, 15) is 34.0 Å². The van der Waals surface area contributed by atoms with Crippen molar-refractivity contribution in [2.75, 3.05) is 56.7 Å². The molecule has 0 saturated carbocycles. The summed E-state index contributed by atoms with van der Waals surface area (Å²) in [6, 6.07) is 14.7. The number of nitrogens with zero attached hydrogens (tertiary/aromatic N) is 18. The SMILES string of the molecule is CN1CCn2nc(Nc3cc(-c4ccnc(-n5ncc6cc(C(C)(C)C)cc(F)c6c5=O)c4C=O)nn(C)c3=O)cc2C1.CN1CCn2nc(Nc3cc(B(O)O)nn(C)c3=O)cc2C1.CN1CCn2nc(Nc3cc(Cl)nn(C)c3=O)cc2C1. The van der Waals surface area contributed by atoms with Gasteiger partial charge in [0.1, 0.15) is 22.9 Å². The van der Waals surface area contributed by atoms with Crippen LogP contribution in [0.4, 0.5) is 38.9 Å². The summed E-state index contributed by atoms with van der Waals surface area (Å²) in [6.07, 6.45) is 3.32. The van der Waals surface area contributed by atoms with E-state index in [1.165, 1.54) is 55.4 Å². The Balaban J connectivity index is 0.000000159. The summed E-state index contributed by atoms with van der Waals surface area (Å²) < 4.78 is 25.3. The van der Waals surface area contributed by atoms with Crippen molar-refractivity contribution in [2.24, 2.45) is 21.1 Å². The molecule has 9 aromatic rings. The number of likely N-dealkylation sites (N-methyl/N-ethyl adjacent to an activating group) is 3. The minimum absolute atomic E-state index is 0.000705. The first kappa shape index (κ1) is 59.1. The van der Waals surface area contributed by atoms with Crippen LogP contribution in [0.1, 0.15) is 53.8 Å². The van der Waals surface area contributed by atoms with Gasteiger partial charge in [-0.05, 0) is 62.5 Å². The third-order valence-corrected chi connectivity index (χ3v) is 14.7. The monoisotopic (exact) mass is 1180 g/mol. The van der Waals surface area contributed by atoms with Crippen LogP contribution in [0.5, 0.6) is 0 Å². The predicted octanol–water partition coefficient (Wildman–Crippen LogP) is 1.84. The lowest BCUT2D eigenvalue weighted by Crippen LogP contribution is -2.39. The van der Waals surface area contributed by atoms with Gasteiger partial charge in [-0.3, -0.25) is 52.7 Å². The summed E-state index contributed by atoms with van der Waals surface area (Å²) in [5.74, 6) is 0.931. The van der Waals surface area contributed by atoms with E-state index in [4.69, 9.17) is 11.6 Å². The molecule has 31 heteroatoms. The molecule has 8 aromatic heterocycles. The summed E-state index contributed by atoms with van der Waals surface area (Å²) in [5, 5.41) is 57.6. The number of halogens is 2. The van der Waals surface area contributed by atoms with Gasteiger partial charge < -0.3 is 26.0 Å². The van der Waals surface area contributed by atoms with Gasteiger partial charge in [0, 0.05) is 102 Å².